The molecule has 1 N–H and O–H groups in total. The van der Waals surface area contributed by atoms with E-state index in [9.17, 15) is 0 Å². The summed E-state index contributed by atoms with van der Waals surface area (Å²) in [7, 11) is 4.25. The number of aryl methyl sites for hydroxylation is 1. The Bertz CT molecular complexity index is 305. The maximum absolute atomic E-state index is 3.41. The molecule has 1 aromatic rings. The van der Waals surface area contributed by atoms with Crippen LogP contribution in [0.5, 0.6) is 0 Å². The highest BCUT2D eigenvalue weighted by Gasteiger charge is 2.09. The van der Waals surface area contributed by atoms with Crippen LogP contribution in [-0.2, 0) is 0 Å². The van der Waals surface area contributed by atoms with Crippen LogP contribution in [0.1, 0.15) is 36.9 Å². The van der Waals surface area contributed by atoms with Crippen molar-refractivity contribution in [2.45, 2.75) is 32.7 Å². The topological polar surface area (TPSA) is 15.3 Å². The molecular formula is C15H26N2. The van der Waals surface area contributed by atoms with Gasteiger partial charge in [-0.1, -0.05) is 36.8 Å². The van der Waals surface area contributed by atoms with Gasteiger partial charge in [-0.15, -0.1) is 0 Å². The highest BCUT2D eigenvalue weighted by Crippen LogP contribution is 2.17. The predicted molar refractivity (Wildman–Crippen MR) is 75.4 cm³/mol. The minimum absolute atomic E-state index is 0.468. The second kappa shape index (κ2) is 7.46. The summed E-state index contributed by atoms with van der Waals surface area (Å²) in [6, 6.07) is 9.31. The molecule has 0 saturated carbocycles. The van der Waals surface area contributed by atoms with Gasteiger partial charge < -0.3 is 10.2 Å². The molecular weight excluding hydrogens is 208 g/mol. The van der Waals surface area contributed by atoms with Gasteiger partial charge in [-0.05, 0) is 52.5 Å². The third-order valence-corrected chi connectivity index (χ3v) is 3.23. The van der Waals surface area contributed by atoms with Crippen LogP contribution in [0, 0.1) is 6.92 Å². The number of rotatable bonds is 7. The molecule has 17 heavy (non-hydrogen) atoms. The summed E-state index contributed by atoms with van der Waals surface area (Å²) in [6.07, 6.45) is 2.39. The molecule has 0 bridgehead atoms. The van der Waals surface area contributed by atoms with E-state index in [0.717, 1.165) is 13.0 Å². The molecule has 0 aromatic heterocycles. The molecule has 0 radical (unpaired) electrons. The van der Waals surface area contributed by atoms with Crippen LogP contribution in [0.4, 0.5) is 0 Å². The van der Waals surface area contributed by atoms with Crippen LogP contribution in [0.3, 0.4) is 0 Å². The third-order valence-electron chi connectivity index (χ3n) is 3.23. The van der Waals surface area contributed by atoms with Crippen LogP contribution in [0.25, 0.3) is 0 Å². The van der Waals surface area contributed by atoms with Gasteiger partial charge in [0.15, 0.2) is 0 Å². The average molecular weight is 234 g/mol. The molecule has 0 aliphatic carbocycles. The summed E-state index contributed by atoms with van der Waals surface area (Å²) >= 11 is 0. The van der Waals surface area contributed by atoms with Gasteiger partial charge in [0, 0.05) is 6.04 Å². The van der Waals surface area contributed by atoms with Crippen molar-refractivity contribution in [3.63, 3.8) is 0 Å². The van der Waals surface area contributed by atoms with Gasteiger partial charge in [0.2, 0.25) is 0 Å². The molecule has 0 amide bonds. The highest BCUT2D eigenvalue weighted by atomic mass is 15.1. The normalized spacial score (nSPS) is 13.0. The SMILES string of the molecule is CCCN(C)CCC(NC)c1ccc(C)cc1. The zero-order valence-electron chi connectivity index (χ0n) is 11.7. The molecule has 96 valence electrons. The molecule has 0 spiro atoms. The van der Waals surface area contributed by atoms with E-state index in [1.54, 1.807) is 0 Å². The van der Waals surface area contributed by atoms with Crippen molar-refractivity contribution in [1.29, 1.82) is 0 Å². The fourth-order valence-corrected chi connectivity index (χ4v) is 2.12. The zero-order chi connectivity index (χ0) is 12.7. The van der Waals surface area contributed by atoms with Crippen molar-refractivity contribution < 1.29 is 0 Å². The Labute approximate surface area is 106 Å². The first-order valence-electron chi connectivity index (χ1n) is 6.59. The van der Waals surface area contributed by atoms with Crippen molar-refractivity contribution in [2.24, 2.45) is 0 Å². The summed E-state index contributed by atoms with van der Waals surface area (Å²) in [4.78, 5) is 2.40. The van der Waals surface area contributed by atoms with Gasteiger partial charge in [0.1, 0.15) is 0 Å². The first kappa shape index (κ1) is 14.2. The monoisotopic (exact) mass is 234 g/mol. The number of nitrogens with zero attached hydrogens (tertiary/aromatic N) is 1. The molecule has 1 unspecified atom stereocenters. The van der Waals surface area contributed by atoms with Crippen LogP contribution in [0.15, 0.2) is 24.3 Å². The summed E-state index contributed by atoms with van der Waals surface area (Å²) < 4.78 is 0. The molecule has 0 aliphatic heterocycles. The van der Waals surface area contributed by atoms with E-state index in [1.165, 1.54) is 24.1 Å². The predicted octanol–water partition coefficient (Wildman–Crippen LogP) is 2.99. The Morgan fingerprint density at radius 1 is 1.18 bits per heavy atom. The lowest BCUT2D eigenvalue weighted by Gasteiger charge is -2.21. The maximum atomic E-state index is 3.41. The van der Waals surface area contributed by atoms with Crippen LogP contribution >= 0.6 is 0 Å². The molecule has 0 aliphatic rings. The number of benzene rings is 1. The molecule has 2 nitrogen and oxygen atoms in total. The minimum atomic E-state index is 0.468. The van der Waals surface area contributed by atoms with E-state index in [-0.39, 0.29) is 0 Å². The Morgan fingerprint density at radius 3 is 2.35 bits per heavy atom. The van der Waals surface area contributed by atoms with Gasteiger partial charge in [0.05, 0.1) is 0 Å². The van der Waals surface area contributed by atoms with Gasteiger partial charge >= 0.3 is 0 Å². The maximum Gasteiger partial charge on any atom is 0.0329 e. The summed E-state index contributed by atoms with van der Waals surface area (Å²) in [5.74, 6) is 0. The lowest BCUT2D eigenvalue weighted by Crippen LogP contribution is -2.26. The average Bonchev–Trinajstić information content (AvgIpc) is 2.32. The first-order chi connectivity index (χ1) is 8.17. The van der Waals surface area contributed by atoms with Crippen molar-refractivity contribution in [1.82, 2.24) is 10.2 Å². The standard InChI is InChI=1S/C15H26N2/c1-5-11-17(4)12-10-15(16-3)14-8-6-13(2)7-9-14/h6-9,15-16H,5,10-12H2,1-4H3. The molecule has 0 saturated heterocycles. The minimum Gasteiger partial charge on any atom is -0.313 e. The van der Waals surface area contributed by atoms with Crippen molar-refractivity contribution in [3.8, 4) is 0 Å². The Kier molecular flexibility index (Phi) is 6.23. The summed E-state index contributed by atoms with van der Waals surface area (Å²) in [5.41, 5.74) is 2.72. The van der Waals surface area contributed by atoms with Crippen LogP contribution in [-0.4, -0.2) is 32.1 Å². The van der Waals surface area contributed by atoms with E-state index in [4.69, 9.17) is 0 Å². The van der Waals surface area contributed by atoms with E-state index in [1.807, 2.05) is 7.05 Å². The molecule has 1 atom stereocenters. The number of hydrogen-bond acceptors (Lipinski definition) is 2. The van der Waals surface area contributed by atoms with Gasteiger partial charge in [-0.25, -0.2) is 0 Å². The molecule has 1 aromatic carbocycles. The highest BCUT2D eigenvalue weighted by molar-refractivity contribution is 5.24. The van der Waals surface area contributed by atoms with E-state index in [0.29, 0.717) is 6.04 Å². The van der Waals surface area contributed by atoms with Crippen molar-refractivity contribution >= 4 is 0 Å². The van der Waals surface area contributed by atoms with E-state index < -0.39 is 0 Å². The quantitative estimate of drug-likeness (QED) is 0.780. The second-order valence-electron chi connectivity index (χ2n) is 4.84. The van der Waals surface area contributed by atoms with Gasteiger partial charge in [0.25, 0.3) is 0 Å². The summed E-state index contributed by atoms with van der Waals surface area (Å²) in [5, 5.41) is 3.41. The molecule has 0 fully saturated rings. The summed E-state index contributed by atoms with van der Waals surface area (Å²) in [6.45, 7) is 6.69. The Morgan fingerprint density at radius 2 is 1.82 bits per heavy atom. The Hall–Kier alpha value is -0.860. The smallest absolute Gasteiger partial charge is 0.0329 e. The van der Waals surface area contributed by atoms with Crippen molar-refractivity contribution in [2.75, 3.05) is 27.2 Å². The third kappa shape index (κ3) is 4.88. The lowest BCUT2D eigenvalue weighted by molar-refractivity contribution is 0.311. The van der Waals surface area contributed by atoms with Crippen LogP contribution < -0.4 is 5.32 Å². The second-order valence-corrected chi connectivity index (χ2v) is 4.84. The van der Waals surface area contributed by atoms with Gasteiger partial charge in [-0.2, -0.15) is 0 Å². The molecule has 2 heteroatoms. The van der Waals surface area contributed by atoms with Gasteiger partial charge in [-0.3, -0.25) is 0 Å². The Balaban J connectivity index is 2.51. The van der Waals surface area contributed by atoms with E-state index >= 15 is 0 Å². The zero-order valence-corrected chi connectivity index (χ0v) is 11.7. The van der Waals surface area contributed by atoms with Crippen molar-refractivity contribution in [3.05, 3.63) is 35.4 Å². The number of nitrogens with one attached hydrogen (secondary N) is 1. The largest absolute Gasteiger partial charge is 0.313 e. The van der Waals surface area contributed by atoms with E-state index in [2.05, 4.69) is 55.4 Å². The van der Waals surface area contributed by atoms with Crippen LogP contribution in [0.2, 0.25) is 0 Å². The molecule has 1 rings (SSSR count). The molecule has 0 heterocycles. The fraction of sp³-hybridized carbons (Fsp3) is 0.600. The fourth-order valence-electron chi connectivity index (χ4n) is 2.12. The lowest BCUT2D eigenvalue weighted by atomic mass is 10.0. The number of hydrogen-bond donors (Lipinski definition) is 1. The first-order valence-corrected chi connectivity index (χ1v) is 6.59.